The summed E-state index contributed by atoms with van der Waals surface area (Å²) >= 11 is 1.97. The number of imide groups is 1. The molecule has 0 spiro atoms. The van der Waals surface area contributed by atoms with Crippen molar-refractivity contribution in [2.75, 3.05) is 223 Å². The SMILES string of the molecule is CC(=O)COCCOCCOCCOCCOCCOCCOCCOCCOCCOCCOCCOCCOc1c(F)cc(N2C(=O)C(Sc3ccc(C(=O)N4CCOCC4)cc3)=C(Sc3ccc(C(=O)N4CCOCC4)cc3)C2=O)cc1F. The fourth-order valence-corrected chi connectivity index (χ4v) is 10.0. The molecule has 0 aromatic heterocycles. The minimum atomic E-state index is -1.14. The van der Waals surface area contributed by atoms with Gasteiger partial charge in [0.25, 0.3) is 23.6 Å². The molecule has 3 aromatic rings. The van der Waals surface area contributed by atoms with E-state index in [-0.39, 0.29) is 66.1 Å². The number of nitrogens with zero attached hydrogens (tertiary/aromatic N) is 3. The number of morpholine rings is 2. The molecule has 0 saturated carbocycles. The minimum Gasteiger partial charge on any atom is -0.485 e. The third kappa shape index (κ3) is 26.0. The lowest BCUT2D eigenvalue weighted by Gasteiger charge is -2.26. The van der Waals surface area contributed by atoms with Crippen molar-refractivity contribution in [3.8, 4) is 5.75 Å². The van der Waals surface area contributed by atoms with E-state index in [2.05, 4.69) is 0 Å². The van der Waals surface area contributed by atoms with Crippen molar-refractivity contribution in [3.05, 3.63) is 93.2 Å². The van der Waals surface area contributed by atoms with Crippen molar-refractivity contribution < 1.29 is 104 Å². The number of carbonyl (C=O) groups excluding carboxylic acids is 5. The highest BCUT2D eigenvalue weighted by atomic mass is 32.2. The second kappa shape index (κ2) is 42.0. The summed E-state index contributed by atoms with van der Waals surface area (Å²) in [5.74, 6) is -4.93. The van der Waals surface area contributed by atoms with E-state index in [4.69, 9.17) is 71.1 Å². The molecule has 0 N–H and O–H groups in total. The van der Waals surface area contributed by atoms with Crippen LogP contribution in [0.15, 0.2) is 80.3 Å². The number of Topliss-reactive ketones (excluding diaryl/α,β-unsaturated/α-hetero) is 1. The number of thioether (sulfide) groups is 2. The number of anilines is 1. The van der Waals surface area contributed by atoms with Crippen LogP contribution in [0.25, 0.3) is 0 Å². The van der Waals surface area contributed by atoms with Crippen LogP contribution in [0, 0.1) is 11.6 Å². The number of rotatable bonds is 46. The molecule has 0 aliphatic carbocycles. The minimum absolute atomic E-state index is 0.00173. The molecule has 6 rings (SSSR count). The van der Waals surface area contributed by atoms with Gasteiger partial charge in [-0.15, -0.1) is 0 Å². The second-order valence-corrected chi connectivity index (χ2v) is 20.9. The van der Waals surface area contributed by atoms with Crippen molar-refractivity contribution in [2.24, 2.45) is 0 Å². The first-order chi connectivity index (χ1) is 42.1. The third-order valence-corrected chi connectivity index (χ3v) is 14.7. The Bertz CT molecular complexity index is 2400. The summed E-state index contributed by atoms with van der Waals surface area (Å²) in [5.41, 5.74) is 0.538. The highest BCUT2D eigenvalue weighted by molar-refractivity contribution is 8.08. The van der Waals surface area contributed by atoms with Gasteiger partial charge in [0.2, 0.25) is 0 Å². The van der Waals surface area contributed by atoms with Crippen molar-refractivity contribution in [3.63, 3.8) is 0 Å². The molecule has 0 bridgehead atoms. The van der Waals surface area contributed by atoms with Crippen LogP contribution in [0.1, 0.15) is 27.6 Å². The lowest BCUT2D eigenvalue weighted by molar-refractivity contribution is -0.122. The van der Waals surface area contributed by atoms with E-state index in [0.717, 1.165) is 35.7 Å². The molecule has 23 nitrogen and oxygen atoms in total. The maximum atomic E-state index is 15.6. The average Bonchev–Trinajstić information content (AvgIpc) is 2.15. The van der Waals surface area contributed by atoms with E-state index < -0.39 is 29.2 Å². The Labute approximate surface area is 508 Å². The van der Waals surface area contributed by atoms with E-state index in [9.17, 15) is 24.0 Å². The Balaban J connectivity index is 0.772. The number of halogens is 2. The fourth-order valence-electron chi connectivity index (χ4n) is 8.02. The molecule has 2 fully saturated rings. The number of hydrogen-bond donors (Lipinski definition) is 0. The highest BCUT2D eigenvalue weighted by Crippen LogP contribution is 2.45. The largest absolute Gasteiger partial charge is 0.485 e. The molecule has 2 saturated heterocycles. The van der Waals surface area contributed by atoms with Gasteiger partial charge >= 0.3 is 0 Å². The smallest absolute Gasteiger partial charge is 0.273 e. The van der Waals surface area contributed by atoms with Gasteiger partial charge in [-0.3, -0.25) is 24.0 Å². The molecule has 3 aliphatic rings. The molecule has 0 atom stereocenters. The predicted octanol–water partition coefficient (Wildman–Crippen LogP) is 4.75. The van der Waals surface area contributed by atoms with E-state index in [1.165, 1.54) is 6.92 Å². The summed E-state index contributed by atoms with van der Waals surface area (Å²) in [5, 5.41) is 0. The molecule has 0 radical (unpaired) electrons. The van der Waals surface area contributed by atoms with Gasteiger partial charge in [-0.05, 0) is 55.5 Å². The van der Waals surface area contributed by atoms with Crippen LogP contribution < -0.4 is 9.64 Å². The first kappa shape index (κ1) is 70.0. The molecule has 4 amide bonds. The number of amides is 4. The van der Waals surface area contributed by atoms with Crippen LogP contribution in [0.2, 0.25) is 0 Å². The van der Waals surface area contributed by atoms with Gasteiger partial charge in [0.05, 0.1) is 194 Å². The molecule has 0 unspecified atom stereocenters. The Morgan fingerprint density at radius 3 is 1.00 bits per heavy atom. The molecule has 3 aromatic carbocycles. The first-order valence-corrected chi connectivity index (χ1v) is 30.2. The van der Waals surface area contributed by atoms with Crippen LogP contribution in [0.4, 0.5) is 14.5 Å². The predicted molar refractivity (Wildman–Crippen MR) is 310 cm³/mol. The van der Waals surface area contributed by atoms with Crippen molar-refractivity contribution in [1.29, 1.82) is 0 Å². The molecule has 3 heterocycles. The summed E-state index contributed by atoms with van der Waals surface area (Å²) in [6, 6.07) is 14.9. The highest BCUT2D eigenvalue weighted by Gasteiger charge is 2.41. The van der Waals surface area contributed by atoms with E-state index in [1.807, 2.05) is 0 Å². The number of hydrogen-bond acceptors (Lipinski definition) is 22. The van der Waals surface area contributed by atoms with Crippen molar-refractivity contribution in [1.82, 2.24) is 9.80 Å². The van der Waals surface area contributed by atoms with E-state index in [0.29, 0.717) is 211 Å². The van der Waals surface area contributed by atoms with Gasteiger partial charge in [-0.25, -0.2) is 13.7 Å². The van der Waals surface area contributed by atoms with Crippen LogP contribution in [0.5, 0.6) is 5.75 Å². The lowest BCUT2D eigenvalue weighted by Crippen LogP contribution is -2.40. The molecular weight excluding hydrogens is 1170 g/mol. The quantitative estimate of drug-likeness (QED) is 0.0549. The van der Waals surface area contributed by atoms with Gasteiger partial charge in [0, 0.05) is 59.2 Å². The number of ketones is 1. The van der Waals surface area contributed by atoms with Crippen LogP contribution in [-0.2, 0) is 80.7 Å². The number of benzene rings is 3. The van der Waals surface area contributed by atoms with Crippen LogP contribution >= 0.6 is 23.5 Å². The first-order valence-electron chi connectivity index (χ1n) is 28.6. The lowest BCUT2D eigenvalue weighted by atomic mass is 10.2. The number of ether oxygens (including phenoxy) is 15. The molecule has 27 heteroatoms. The summed E-state index contributed by atoms with van der Waals surface area (Å²) in [6.07, 6.45) is 0. The van der Waals surface area contributed by atoms with E-state index in [1.54, 1.807) is 58.3 Å². The molecule has 476 valence electrons. The molecular formula is C59H79F2N3O20S2. The van der Waals surface area contributed by atoms with Gasteiger partial charge in [0.1, 0.15) is 13.2 Å². The average molecular weight is 1250 g/mol. The standard InChI is InChI=1S/C59H79F2N3O20S2/c1-45(65)44-83-39-38-81-35-34-79-31-30-77-27-26-75-23-22-73-19-18-72-20-21-74-24-25-76-28-29-78-32-33-80-36-37-82-40-41-84-53-51(60)42-48(43-52(53)61)64-58(68)54(85-49-6-2-46(3-7-49)56(66)62-10-14-70-15-11-62)55(59(64)69)86-50-8-4-47(5-9-50)57(67)63-12-16-71-17-13-63/h2-9,42-43H,10-41,44H2,1H3. The topological polar surface area (TPSA) is 234 Å². The Hall–Kier alpha value is -5.05. The zero-order valence-corrected chi connectivity index (χ0v) is 50.3. The Morgan fingerprint density at radius 1 is 0.430 bits per heavy atom. The van der Waals surface area contributed by atoms with Gasteiger partial charge in [-0.2, -0.15) is 0 Å². The zero-order chi connectivity index (χ0) is 60.8. The molecule has 86 heavy (non-hydrogen) atoms. The zero-order valence-electron chi connectivity index (χ0n) is 48.7. The van der Waals surface area contributed by atoms with Gasteiger partial charge in [-0.1, -0.05) is 23.5 Å². The van der Waals surface area contributed by atoms with Crippen molar-refractivity contribution in [2.45, 2.75) is 16.7 Å². The summed E-state index contributed by atoms with van der Waals surface area (Å²) in [6.45, 7) is 13.8. The normalized spacial score (nSPS) is 14.7. The van der Waals surface area contributed by atoms with E-state index >= 15 is 8.78 Å². The Morgan fingerprint density at radius 2 is 0.709 bits per heavy atom. The molecule has 3 aliphatic heterocycles. The fraction of sp³-hybridized carbons (Fsp3) is 0.576. The second-order valence-electron chi connectivity index (χ2n) is 18.7. The van der Waals surface area contributed by atoms with Gasteiger partial charge in [0.15, 0.2) is 23.2 Å². The summed E-state index contributed by atoms with van der Waals surface area (Å²) in [7, 11) is 0. The van der Waals surface area contributed by atoms with Crippen molar-refractivity contribution >= 4 is 58.6 Å². The summed E-state index contributed by atoms with van der Waals surface area (Å²) in [4.78, 5) is 70.6. The van der Waals surface area contributed by atoms with Gasteiger partial charge < -0.3 is 80.9 Å². The maximum absolute atomic E-state index is 15.6. The maximum Gasteiger partial charge on any atom is 0.273 e. The third-order valence-electron chi connectivity index (χ3n) is 12.4. The van der Waals surface area contributed by atoms with Crippen LogP contribution in [-0.4, -0.2) is 257 Å². The Kier molecular flexibility index (Phi) is 34.2. The number of carbonyl (C=O) groups is 5. The summed E-state index contributed by atoms with van der Waals surface area (Å²) < 4.78 is 113. The van der Waals surface area contributed by atoms with Crippen LogP contribution in [0.3, 0.4) is 0 Å². The monoisotopic (exact) mass is 1250 g/mol.